The van der Waals surface area contributed by atoms with Gasteiger partial charge in [-0.15, -0.1) is 0 Å². The molecule has 0 saturated heterocycles. The topological polar surface area (TPSA) is 24.5 Å². The third-order valence-electron chi connectivity index (χ3n) is 3.65. The third-order valence-corrected chi connectivity index (χ3v) is 3.65. The molecule has 3 nitrogen and oxygen atoms in total. The summed E-state index contributed by atoms with van der Waals surface area (Å²) in [4.78, 5) is 2.38. The van der Waals surface area contributed by atoms with Crippen LogP contribution in [-0.2, 0) is 6.54 Å². The van der Waals surface area contributed by atoms with Crippen LogP contribution in [0.2, 0.25) is 0 Å². The highest BCUT2D eigenvalue weighted by Gasteiger charge is 2.05. The van der Waals surface area contributed by atoms with Crippen molar-refractivity contribution in [1.29, 1.82) is 0 Å². The van der Waals surface area contributed by atoms with E-state index in [9.17, 15) is 0 Å². The van der Waals surface area contributed by atoms with Crippen LogP contribution in [0.5, 0.6) is 5.75 Å². The molecule has 0 aromatic heterocycles. The highest BCUT2D eigenvalue weighted by molar-refractivity contribution is 5.32. The van der Waals surface area contributed by atoms with Gasteiger partial charge in [0.25, 0.3) is 0 Å². The quantitative estimate of drug-likeness (QED) is 0.630. The predicted octanol–water partition coefficient (Wildman–Crippen LogP) is 3.69. The molecule has 0 saturated carbocycles. The first-order valence-corrected chi connectivity index (χ1v) is 8.17. The number of para-hydroxylation sites is 1. The van der Waals surface area contributed by atoms with E-state index < -0.39 is 0 Å². The van der Waals surface area contributed by atoms with Crippen LogP contribution in [0, 0.1) is 0 Å². The number of hydrogen-bond donors (Lipinski definition) is 1. The van der Waals surface area contributed by atoms with Crippen molar-refractivity contribution in [2.45, 2.75) is 52.1 Å². The lowest BCUT2D eigenvalue weighted by Crippen LogP contribution is -2.23. The van der Waals surface area contributed by atoms with Gasteiger partial charge in [0.1, 0.15) is 5.75 Å². The summed E-state index contributed by atoms with van der Waals surface area (Å²) in [6, 6.07) is 8.88. The van der Waals surface area contributed by atoms with Gasteiger partial charge in [0.05, 0.1) is 7.11 Å². The fraction of sp³-hybridized carbons (Fsp3) is 0.667. The maximum atomic E-state index is 5.40. The van der Waals surface area contributed by atoms with Crippen molar-refractivity contribution in [2.75, 3.05) is 27.2 Å². The third kappa shape index (κ3) is 8.08. The van der Waals surface area contributed by atoms with Crippen LogP contribution in [0.4, 0.5) is 0 Å². The Labute approximate surface area is 130 Å². The van der Waals surface area contributed by atoms with E-state index in [-0.39, 0.29) is 0 Å². The van der Waals surface area contributed by atoms with Crippen molar-refractivity contribution in [2.24, 2.45) is 0 Å². The Morgan fingerprint density at radius 2 is 1.81 bits per heavy atom. The molecule has 1 aromatic rings. The lowest BCUT2D eigenvalue weighted by atomic mass is 10.1. The number of unbranched alkanes of at least 4 members (excludes halogenated alkanes) is 3. The lowest BCUT2D eigenvalue weighted by Gasteiger charge is -2.18. The summed E-state index contributed by atoms with van der Waals surface area (Å²) in [5.41, 5.74) is 1.27. The zero-order valence-electron chi connectivity index (χ0n) is 14.2. The first-order valence-electron chi connectivity index (χ1n) is 8.17. The maximum absolute atomic E-state index is 5.40. The number of rotatable bonds is 11. The molecule has 1 rings (SSSR count). The molecular weight excluding hydrogens is 260 g/mol. The molecule has 120 valence electrons. The van der Waals surface area contributed by atoms with E-state index in [0.29, 0.717) is 6.04 Å². The van der Waals surface area contributed by atoms with E-state index >= 15 is 0 Å². The molecule has 3 heteroatoms. The minimum absolute atomic E-state index is 0.608. The van der Waals surface area contributed by atoms with E-state index in [0.717, 1.165) is 25.4 Å². The van der Waals surface area contributed by atoms with Crippen LogP contribution in [0.15, 0.2) is 24.3 Å². The second-order valence-corrected chi connectivity index (χ2v) is 6.07. The highest BCUT2D eigenvalue weighted by Crippen LogP contribution is 2.18. The van der Waals surface area contributed by atoms with Crippen molar-refractivity contribution in [3.8, 4) is 5.75 Å². The molecule has 0 fully saturated rings. The SMILES string of the molecule is COc1ccccc1CN(C)CCCCCCNC(C)C. The summed E-state index contributed by atoms with van der Waals surface area (Å²) in [7, 11) is 3.93. The Balaban J connectivity index is 2.12. The second kappa shape index (κ2) is 10.6. The highest BCUT2D eigenvalue weighted by atomic mass is 16.5. The van der Waals surface area contributed by atoms with Gasteiger partial charge in [-0.3, -0.25) is 0 Å². The molecule has 0 atom stereocenters. The summed E-state index contributed by atoms with van der Waals surface area (Å²) in [6.45, 7) is 7.66. The van der Waals surface area contributed by atoms with Gasteiger partial charge in [-0.05, 0) is 39.0 Å². The second-order valence-electron chi connectivity index (χ2n) is 6.07. The minimum atomic E-state index is 0.608. The fourth-order valence-corrected chi connectivity index (χ4v) is 2.45. The molecule has 0 aliphatic carbocycles. The van der Waals surface area contributed by atoms with Gasteiger partial charge >= 0.3 is 0 Å². The summed E-state index contributed by atoms with van der Waals surface area (Å²) in [5.74, 6) is 0.990. The molecule has 21 heavy (non-hydrogen) atoms. The van der Waals surface area contributed by atoms with Crippen LogP contribution in [-0.4, -0.2) is 38.2 Å². The number of benzene rings is 1. The molecule has 0 heterocycles. The first kappa shape index (κ1) is 18.0. The van der Waals surface area contributed by atoms with E-state index in [4.69, 9.17) is 4.74 Å². The average Bonchev–Trinajstić information content (AvgIpc) is 2.46. The smallest absolute Gasteiger partial charge is 0.123 e. The number of hydrogen-bond acceptors (Lipinski definition) is 3. The molecule has 0 radical (unpaired) electrons. The van der Waals surface area contributed by atoms with Gasteiger partial charge in [0, 0.05) is 18.2 Å². The largest absolute Gasteiger partial charge is 0.496 e. The van der Waals surface area contributed by atoms with Crippen molar-refractivity contribution in [1.82, 2.24) is 10.2 Å². The number of methoxy groups -OCH3 is 1. The van der Waals surface area contributed by atoms with Crippen molar-refractivity contribution >= 4 is 0 Å². The summed E-state index contributed by atoms with van der Waals surface area (Å²) in [6.07, 6.45) is 5.19. The van der Waals surface area contributed by atoms with Gasteiger partial charge in [-0.25, -0.2) is 0 Å². The van der Waals surface area contributed by atoms with Gasteiger partial charge < -0.3 is 15.0 Å². The van der Waals surface area contributed by atoms with Crippen LogP contribution >= 0.6 is 0 Å². The van der Waals surface area contributed by atoms with Crippen molar-refractivity contribution in [3.63, 3.8) is 0 Å². The normalized spacial score (nSPS) is 11.3. The Morgan fingerprint density at radius 1 is 1.10 bits per heavy atom. The fourth-order valence-electron chi connectivity index (χ4n) is 2.45. The monoisotopic (exact) mass is 292 g/mol. The Hall–Kier alpha value is -1.06. The van der Waals surface area contributed by atoms with Crippen LogP contribution < -0.4 is 10.1 Å². The van der Waals surface area contributed by atoms with Crippen LogP contribution in [0.1, 0.15) is 45.1 Å². The van der Waals surface area contributed by atoms with Crippen molar-refractivity contribution < 1.29 is 4.74 Å². The molecule has 0 aliphatic heterocycles. The number of nitrogens with one attached hydrogen (secondary N) is 1. The summed E-state index contributed by atoms with van der Waals surface area (Å²) >= 11 is 0. The molecule has 0 bridgehead atoms. The first-order chi connectivity index (χ1) is 10.1. The van der Waals surface area contributed by atoms with Crippen molar-refractivity contribution in [3.05, 3.63) is 29.8 Å². The Morgan fingerprint density at radius 3 is 2.52 bits per heavy atom. The van der Waals surface area contributed by atoms with E-state index in [1.54, 1.807) is 7.11 Å². The van der Waals surface area contributed by atoms with Gasteiger partial charge in [-0.2, -0.15) is 0 Å². The predicted molar refractivity (Wildman–Crippen MR) is 90.9 cm³/mol. The van der Waals surface area contributed by atoms with Crippen LogP contribution in [0.3, 0.4) is 0 Å². The molecule has 1 N–H and O–H groups in total. The zero-order valence-corrected chi connectivity index (χ0v) is 14.2. The number of ether oxygens (including phenoxy) is 1. The standard InChI is InChI=1S/C18H32N2O/c1-16(2)19-13-9-5-6-10-14-20(3)15-17-11-7-8-12-18(17)21-4/h7-8,11-12,16,19H,5-6,9-10,13-15H2,1-4H3. The lowest BCUT2D eigenvalue weighted by molar-refractivity contribution is 0.308. The zero-order chi connectivity index (χ0) is 15.5. The van der Waals surface area contributed by atoms with Gasteiger partial charge in [0.2, 0.25) is 0 Å². The van der Waals surface area contributed by atoms with E-state index in [1.165, 1.54) is 31.2 Å². The molecule has 0 aliphatic rings. The summed E-state index contributed by atoms with van der Waals surface area (Å²) in [5, 5.41) is 3.47. The molecule has 0 unspecified atom stereocenters. The summed E-state index contributed by atoms with van der Waals surface area (Å²) < 4.78 is 5.40. The molecule has 1 aromatic carbocycles. The van der Waals surface area contributed by atoms with Gasteiger partial charge in [0.15, 0.2) is 0 Å². The van der Waals surface area contributed by atoms with Gasteiger partial charge in [-0.1, -0.05) is 44.9 Å². The number of nitrogens with zero attached hydrogens (tertiary/aromatic N) is 1. The molecule has 0 amide bonds. The van der Waals surface area contributed by atoms with E-state index in [1.807, 2.05) is 12.1 Å². The average molecular weight is 292 g/mol. The molecular formula is C18H32N2O. The maximum Gasteiger partial charge on any atom is 0.123 e. The van der Waals surface area contributed by atoms with Crippen LogP contribution in [0.25, 0.3) is 0 Å². The minimum Gasteiger partial charge on any atom is -0.496 e. The van der Waals surface area contributed by atoms with E-state index in [2.05, 4.69) is 43.2 Å². The Kier molecular flexibility index (Phi) is 9.11. The Bertz CT molecular complexity index is 379. The molecule has 0 spiro atoms.